The molecule has 1 aromatic heterocycles. The molecule has 1 aliphatic rings. The maximum atomic E-state index is 12.3. The van der Waals surface area contributed by atoms with Gasteiger partial charge in [0.15, 0.2) is 5.84 Å². The average molecular weight is 276 g/mol. The summed E-state index contributed by atoms with van der Waals surface area (Å²) in [7, 11) is 0. The van der Waals surface area contributed by atoms with E-state index in [0.29, 0.717) is 17.2 Å². The Morgan fingerprint density at radius 3 is 3.00 bits per heavy atom. The Morgan fingerprint density at radius 1 is 1.60 bits per heavy atom. The van der Waals surface area contributed by atoms with Gasteiger partial charge in [-0.15, -0.1) is 0 Å². The highest BCUT2D eigenvalue weighted by Gasteiger charge is 2.26. The van der Waals surface area contributed by atoms with Crippen molar-refractivity contribution in [3.8, 4) is 0 Å². The highest BCUT2D eigenvalue weighted by molar-refractivity contribution is 5.98. The topological polar surface area (TPSA) is 91.8 Å². The fourth-order valence-corrected chi connectivity index (χ4v) is 2.55. The molecule has 0 radical (unpaired) electrons. The molecule has 0 bridgehead atoms. The van der Waals surface area contributed by atoms with Gasteiger partial charge in [-0.05, 0) is 30.9 Å². The summed E-state index contributed by atoms with van der Waals surface area (Å²) in [6, 6.07) is 3.25. The van der Waals surface area contributed by atoms with Gasteiger partial charge in [0.2, 0.25) is 0 Å². The number of aromatic nitrogens is 1. The van der Waals surface area contributed by atoms with Gasteiger partial charge in [-0.3, -0.25) is 9.78 Å². The van der Waals surface area contributed by atoms with E-state index >= 15 is 0 Å². The molecular formula is C14H20N4O2. The summed E-state index contributed by atoms with van der Waals surface area (Å²) >= 11 is 0. The number of amidine groups is 1. The first-order valence-corrected chi connectivity index (χ1v) is 6.89. The molecule has 1 aromatic rings. The molecule has 3 N–H and O–H groups in total. The minimum Gasteiger partial charge on any atom is -0.409 e. The Morgan fingerprint density at radius 2 is 2.40 bits per heavy atom. The lowest BCUT2D eigenvalue weighted by atomic mass is 10.0. The van der Waals surface area contributed by atoms with Crippen molar-refractivity contribution in [2.45, 2.75) is 26.2 Å². The lowest BCUT2D eigenvalue weighted by molar-refractivity contribution is 0.0780. The minimum absolute atomic E-state index is 0.0133. The van der Waals surface area contributed by atoms with Gasteiger partial charge in [-0.2, -0.15) is 0 Å². The van der Waals surface area contributed by atoms with Crippen LogP contribution in [0.15, 0.2) is 23.5 Å². The average Bonchev–Trinajstić information content (AvgIpc) is 2.95. The van der Waals surface area contributed by atoms with E-state index in [9.17, 15) is 4.79 Å². The standard InChI is InChI=1S/C14H20N4O2/c1-2-3-10-6-7-18(9-10)14(19)12-5-4-11(8-16-12)13(15)17-20/h4-5,8,10,20H,2-3,6-7,9H2,1H3,(H2,15,17). The summed E-state index contributed by atoms with van der Waals surface area (Å²) in [4.78, 5) is 18.3. The molecule has 108 valence electrons. The second-order valence-corrected chi connectivity index (χ2v) is 5.11. The Kier molecular flexibility index (Phi) is 4.55. The van der Waals surface area contributed by atoms with Gasteiger partial charge in [0.1, 0.15) is 5.69 Å². The quantitative estimate of drug-likeness (QED) is 0.377. The number of rotatable bonds is 4. The van der Waals surface area contributed by atoms with Crippen molar-refractivity contribution in [1.29, 1.82) is 0 Å². The third-order valence-corrected chi connectivity index (χ3v) is 3.66. The van der Waals surface area contributed by atoms with Crippen molar-refractivity contribution in [1.82, 2.24) is 9.88 Å². The summed E-state index contributed by atoms with van der Waals surface area (Å²) in [5.41, 5.74) is 6.35. The molecule has 1 amide bonds. The second kappa shape index (κ2) is 6.36. The van der Waals surface area contributed by atoms with Gasteiger partial charge < -0.3 is 15.8 Å². The van der Waals surface area contributed by atoms with E-state index in [2.05, 4.69) is 17.1 Å². The van der Waals surface area contributed by atoms with Gasteiger partial charge in [0.25, 0.3) is 5.91 Å². The summed E-state index contributed by atoms with van der Waals surface area (Å²) in [5, 5.41) is 11.5. The second-order valence-electron chi connectivity index (χ2n) is 5.11. The molecule has 6 nitrogen and oxygen atoms in total. The number of oxime groups is 1. The van der Waals surface area contributed by atoms with E-state index in [-0.39, 0.29) is 11.7 Å². The Bertz CT molecular complexity index is 498. The lowest BCUT2D eigenvalue weighted by Crippen LogP contribution is -2.29. The zero-order valence-corrected chi connectivity index (χ0v) is 11.6. The van der Waals surface area contributed by atoms with Crippen LogP contribution in [-0.2, 0) is 0 Å². The molecule has 1 fully saturated rings. The van der Waals surface area contributed by atoms with E-state index in [4.69, 9.17) is 10.9 Å². The molecule has 2 heterocycles. The predicted octanol–water partition coefficient (Wildman–Crippen LogP) is 1.44. The van der Waals surface area contributed by atoms with Crippen LogP contribution in [0.1, 0.15) is 42.2 Å². The van der Waals surface area contributed by atoms with Crippen LogP contribution in [0, 0.1) is 5.92 Å². The van der Waals surface area contributed by atoms with Crippen LogP contribution in [0.2, 0.25) is 0 Å². The predicted molar refractivity (Wildman–Crippen MR) is 75.7 cm³/mol. The lowest BCUT2D eigenvalue weighted by Gasteiger charge is -2.16. The Balaban J connectivity index is 2.03. The number of hydrogen-bond acceptors (Lipinski definition) is 4. The smallest absolute Gasteiger partial charge is 0.272 e. The van der Waals surface area contributed by atoms with Crippen molar-refractivity contribution in [2.24, 2.45) is 16.8 Å². The molecule has 0 saturated carbocycles. The van der Waals surface area contributed by atoms with E-state index < -0.39 is 0 Å². The van der Waals surface area contributed by atoms with Gasteiger partial charge >= 0.3 is 0 Å². The molecule has 0 aliphatic carbocycles. The number of amides is 1. The number of hydrogen-bond donors (Lipinski definition) is 2. The molecule has 1 atom stereocenters. The maximum absolute atomic E-state index is 12.3. The molecule has 1 saturated heterocycles. The van der Waals surface area contributed by atoms with Crippen LogP contribution in [-0.4, -0.2) is 39.9 Å². The molecule has 2 rings (SSSR count). The first-order valence-electron chi connectivity index (χ1n) is 6.89. The van der Waals surface area contributed by atoms with Crippen LogP contribution in [0.25, 0.3) is 0 Å². The van der Waals surface area contributed by atoms with Gasteiger partial charge in [0, 0.05) is 24.8 Å². The summed E-state index contributed by atoms with van der Waals surface area (Å²) < 4.78 is 0. The number of nitrogens with zero attached hydrogens (tertiary/aromatic N) is 3. The van der Waals surface area contributed by atoms with Crippen molar-refractivity contribution in [3.63, 3.8) is 0 Å². The largest absolute Gasteiger partial charge is 0.409 e. The van der Waals surface area contributed by atoms with Gasteiger partial charge in [-0.1, -0.05) is 18.5 Å². The third-order valence-electron chi connectivity index (χ3n) is 3.66. The molecule has 0 aromatic carbocycles. The van der Waals surface area contributed by atoms with Crippen LogP contribution in [0.5, 0.6) is 0 Å². The van der Waals surface area contributed by atoms with Crippen LogP contribution >= 0.6 is 0 Å². The van der Waals surface area contributed by atoms with E-state index in [1.54, 1.807) is 12.1 Å². The number of carbonyl (C=O) groups excluding carboxylic acids is 1. The SMILES string of the molecule is CCCC1CCN(C(=O)c2ccc(/C(N)=N/O)cn2)C1. The Labute approximate surface area is 118 Å². The highest BCUT2D eigenvalue weighted by atomic mass is 16.4. The molecule has 1 unspecified atom stereocenters. The molecule has 1 aliphatic heterocycles. The normalized spacial score (nSPS) is 19.4. The minimum atomic E-state index is -0.0466. The fraction of sp³-hybridized carbons (Fsp3) is 0.500. The summed E-state index contributed by atoms with van der Waals surface area (Å²) in [6.45, 7) is 3.78. The van der Waals surface area contributed by atoms with E-state index in [0.717, 1.165) is 25.9 Å². The Hall–Kier alpha value is -2.11. The first-order chi connectivity index (χ1) is 9.65. The third kappa shape index (κ3) is 3.07. The highest BCUT2D eigenvalue weighted by Crippen LogP contribution is 2.22. The maximum Gasteiger partial charge on any atom is 0.272 e. The van der Waals surface area contributed by atoms with Crippen molar-refractivity contribution in [3.05, 3.63) is 29.6 Å². The van der Waals surface area contributed by atoms with Crippen molar-refractivity contribution >= 4 is 11.7 Å². The van der Waals surface area contributed by atoms with E-state index in [1.165, 1.54) is 12.6 Å². The number of carbonyl (C=O) groups is 1. The number of pyridine rings is 1. The summed E-state index contributed by atoms with van der Waals surface area (Å²) in [6.07, 6.45) is 4.84. The summed E-state index contributed by atoms with van der Waals surface area (Å²) in [5.74, 6) is 0.552. The van der Waals surface area contributed by atoms with Crippen molar-refractivity contribution in [2.75, 3.05) is 13.1 Å². The van der Waals surface area contributed by atoms with E-state index in [1.807, 2.05) is 4.90 Å². The molecule has 20 heavy (non-hydrogen) atoms. The van der Waals surface area contributed by atoms with Crippen LogP contribution < -0.4 is 5.73 Å². The number of likely N-dealkylation sites (tertiary alicyclic amines) is 1. The first kappa shape index (κ1) is 14.3. The molecule has 0 spiro atoms. The molecular weight excluding hydrogens is 256 g/mol. The van der Waals surface area contributed by atoms with Crippen LogP contribution in [0.4, 0.5) is 0 Å². The number of nitrogens with two attached hydrogens (primary N) is 1. The van der Waals surface area contributed by atoms with Gasteiger partial charge in [0.05, 0.1) is 0 Å². The van der Waals surface area contributed by atoms with Crippen molar-refractivity contribution < 1.29 is 10.0 Å². The van der Waals surface area contributed by atoms with Crippen LogP contribution in [0.3, 0.4) is 0 Å². The molecule has 6 heteroatoms. The zero-order chi connectivity index (χ0) is 14.5. The fourth-order valence-electron chi connectivity index (χ4n) is 2.55. The zero-order valence-electron chi connectivity index (χ0n) is 11.6. The van der Waals surface area contributed by atoms with Gasteiger partial charge in [-0.25, -0.2) is 0 Å². The monoisotopic (exact) mass is 276 g/mol.